The van der Waals surface area contributed by atoms with E-state index in [-0.39, 0.29) is 5.91 Å². The normalized spacial score (nSPS) is 10.7. The average molecular weight is 470 g/mol. The topological polar surface area (TPSA) is 58.8 Å². The first-order chi connectivity index (χ1) is 17.1. The lowest BCUT2D eigenvalue weighted by atomic mass is 10.1. The summed E-state index contributed by atoms with van der Waals surface area (Å²) in [6.45, 7) is 6.54. The van der Waals surface area contributed by atoms with E-state index in [1.165, 1.54) is 0 Å². The van der Waals surface area contributed by atoms with Crippen molar-refractivity contribution in [1.82, 2.24) is 10.1 Å². The van der Waals surface area contributed by atoms with Crippen molar-refractivity contribution in [3.8, 4) is 17.0 Å². The second-order valence-corrected chi connectivity index (χ2v) is 8.23. The van der Waals surface area contributed by atoms with E-state index in [4.69, 9.17) is 9.26 Å². The van der Waals surface area contributed by atoms with Crippen LogP contribution in [0.4, 0.5) is 5.88 Å². The minimum atomic E-state index is -0.0674. The molecule has 0 radical (unpaired) electrons. The minimum Gasteiger partial charge on any atom is -0.497 e. The fraction of sp³-hybridized carbons (Fsp3) is 0.241. The number of benzene rings is 3. The van der Waals surface area contributed by atoms with Crippen LogP contribution in [-0.2, 0) is 13.1 Å². The third-order valence-corrected chi connectivity index (χ3v) is 6.05. The van der Waals surface area contributed by atoms with Crippen LogP contribution < -0.4 is 9.64 Å². The first-order valence-corrected chi connectivity index (χ1v) is 11.9. The highest BCUT2D eigenvalue weighted by atomic mass is 16.5. The highest BCUT2D eigenvalue weighted by molar-refractivity contribution is 5.94. The molecule has 0 unspecified atom stereocenters. The van der Waals surface area contributed by atoms with Gasteiger partial charge in [0.15, 0.2) is 0 Å². The van der Waals surface area contributed by atoms with Gasteiger partial charge in [-0.05, 0) is 43.7 Å². The molecule has 0 aliphatic rings. The largest absolute Gasteiger partial charge is 0.497 e. The number of methoxy groups -OCH3 is 1. The molecule has 0 saturated heterocycles. The molecule has 1 aromatic heterocycles. The predicted octanol–water partition coefficient (Wildman–Crippen LogP) is 6.04. The van der Waals surface area contributed by atoms with Crippen molar-refractivity contribution in [3.63, 3.8) is 0 Å². The number of hydrogen-bond donors (Lipinski definition) is 0. The summed E-state index contributed by atoms with van der Waals surface area (Å²) < 4.78 is 11.2. The molecule has 0 spiro atoms. The van der Waals surface area contributed by atoms with Crippen molar-refractivity contribution in [1.29, 1.82) is 0 Å². The van der Waals surface area contributed by atoms with E-state index in [2.05, 4.69) is 23.9 Å². The van der Waals surface area contributed by atoms with E-state index < -0.39 is 0 Å². The number of carbonyl (C=O) groups is 1. The van der Waals surface area contributed by atoms with Crippen LogP contribution in [-0.4, -0.2) is 36.2 Å². The van der Waals surface area contributed by atoms with E-state index in [1.54, 1.807) is 19.2 Å². The van der Waals surface area contributed by atoms with Crippen molar-refractivity contribution in [3.05, 3.63) is 102 Å². The number of ether oxygens (including phenoxy) is 1. The fourth-order valence-corrected chi connectivity index (χ4v) is 4.14. The first-order valence-electron chi connectivity index (χ1n) is 11.9. The molecule has 6 heteroatoms. The lowest BCUT2D eigenvalue weighted by molar-refractivity contribution is 0.0730. The Kier molecular flexibility index (Phi) is 7.83. The summed E-state index contributed by atoms with van der Waals surface area (Å²) in [7, 11) is 1.62. The molecule has 4 rings (SSSR count). The molecular weight excluding hydrogens is 438 g/mol. The van der Waals surface area contributed by atoms with Crippen LogP contribution in [0.3, 0.4) is 0 Å². The van der Waals surface area contributed by atoms with Gasteiger partial charge in [-0.3, -0.25) is 4.79 Å². The molecule has 0 saturated carbocycles. The number of rotatable bonds is 10. The molecule has 35 heavy (non-hydrogen) atoms. The molecule has 0 N–H and O–H groups in total. The maximum absolute atomic E-state index is 13.8. The summed E-state index contributed by atoms with van der Waals surface area (Å²) in [6.07, 6.45) is 0. The summed E-state index contributed by atoms with van der Waals surface area (Å²) in [5, 5.41) is 4.45. The Bertz CT molecular complexity index is 1220. The van der Waals surface area contributed by atoms with E-state index in [0.29, 0.717) is 30.3 Å². The van der Waals surface area contributed by atoms with Crippen LogP contribution in [0, 0.1) is 0 Å². The maximum Gasteiger partial charge on any atom is 0.254 e. The van der Waals surface area contributed by atoms with E-state index >= 15 is 0 Å². The second kappa shape index (κ2) is 11.4. The molecule has 1 heterocycles. The molecule has 0 fully saturated rings. The van der Waals surface area contributed by atoms with Crippen molar-refractivity contribution >= 4 is 11.8 Å². The number of anilines is 1. The third-order valence-electron chi connectivity index (χ3n) is 6.05. The summed E-state index contributed by atoms with van der Waals surface area (Å²) in [4.78, 5) is 17.7. The third kappa shape index (κ3) is 5.54. The van der Waals surface area contributed by atoms with Gasteiger partial charge < -0.3 is 19.1 Å². The number of nitrogens with zero attached hydrogens (tertiary/aromatic N) is 3. The molecule has 180 valence electrons. The quantitative estimate of drug-likeness (QED) is 0.283. The molecule has 6 nitrogen and oxygen atoms in total. The van der Waals surface area contributed by atoms with Crippen LogP contribution in [0.1, 0.15) is 35.3 Å². The summed E-state index contributed by atoms with van der Waals surface area (Å²) in [5.41, 5.74) is 4.27. The molecular formula is C29H31N3O3. The van der Waals surface area contributed by atoms with Crippen molar-refractivity contribution in [2.45, 2.75) is 26.9 Å². The zero-order valence-electron chi connectivity index (χ0n) is 20.5. The molecule has 0 aliphatic carbocycles. The Labute approximate surface area is 206 Å². The van der Waals surface area contributed by atoms with Crippen LogP contribution >= 0.6 is 0 Å². The van der Waals surface area contributed by atoms with Crippen molar-refractivity contribution in [2.24, 2.45) is 0 Å². The van der Waals surface area contributed by atoms with Gasteiger partial charge >= 0.3 is 0 Å². The highest BCUT2D eigenvalue weighted by Gasteiger charge is 2.26. The summed E-state index contributed by atoms with van der Waals surface area (Å²) in [6, 6.07) is 27.2. The van der Waals surface area contributed by atoms with Gasteiger partial charge in [0.1, 0.15) is 11.4 Å². The SMILES string of the molecule is CCN(CC)c1onc(-c2ccccc2)c1CN(Cc1ccccc1)C(=O)c1ccc(OC)cc1. The van der Waals surface area contributed by atoms with Gasteiger partial charge in [0.2, 0.25) is 5.88 Å². The number of amides is 1. The van der Waals surface area contributed by atoms with E-state index in [1.807, 2.05) is 77.7 Å². The Morgan fingerprint density at radius 1 is 0.857 bits per heavy atom. The first kappa shape index (κ1) is 24.1. The smallest absolute Gasteiger partial charge is 0.254 e. The monoisotopic (exact) mass is 469 g/mol. The minimum absolute atomic E-state index is 0.0674. The standard InChI is InChI=1S/C29H31N3O3/c1-4-31(5-2)29-26(27(30-35-29)23-14-10-7-11-15-23)21-32(20-22-12-8-6-9-13-22)28(33)24-16-18-25(34-3)19-17-24/h6-19H,4-5,20-21H2,1-3H3. The van der Waals surface area contributed by atoms with Crippen LogP contribution in [0.15, 0.2) is 89.5 Å². The zero-order chi connectivity index (χ0) is 24.6. The maximum atomic E-state index is 13.8. The Balaban J connectivity index is 1.76. The molecule has 0 atom stereocenters. The number of hydrogen-bond acceptors (Lipinski definition) is 5. The van der Waals surface area contributed by atoms with Crippen molar-refractivity contribution in [2.75, 3.05) is 25.1 Å². The Morgan fingerprint density at radius 2 is 1.49 bits per heavy atom. The van der Waals surface area contributed by atoms with Gasteiger partial charge in [-0.25, -0.2) is 0 Å². The summed E-state index contributed by atoms with van der Waals surface area (Å²) in [5.74, 6) is 1.35. The van der Waals surface area contributed by atoms with E-state index in [0.717, 1.165) is 35.5 Å². The molecule has 1 amide bonds. The molecule has 0 bridgehead atoms. The lowest BCUT2D eigenvalue weighted by Crippen LogP contribution is -2.31. The predicted molar refractivity (Wildman–Crippen MR) is 139 cm³/mol. The molecule has 4 aromatic rings. The van der Waals surface area contributed by atoms with E-state index in [9.17, 15) is 4.79 Å². The number of aromatic nitrogens is 1. The Hall–Kier alpha value is -4.06. The lowest BCUT2D eigenvalue weighted by Gasteiger charge is -2.25. The van der Waals surface area contributed by atoms with Gasteiger partial charge in [-0.15, -0.1) is 0 Å². The van der Waals surface area contributed by atoms with Crippen molar-refractivity contribution < 1.29 is 14.1 Å². The average Bonchev–Trinajstić information content (AvgIpc) is 3.33. The molecule has 0 aliphatic heterocycles. The molecule has 3 aromatic carbocycles. The Morgan fingerprint density at radius 3 is 2.09 bits per heavy atom. The van der Waals surface area contributed by atoms with Crippen LogP contribution in [0.25, 0.3) is 11.3 Å². The number of carbonyl (C=O) groups excluding carboxylic acids is 1. The second-order valence-electron chi connectivity index (χ2n) is 8.23. The highest BCUT2D eigenvalue weighted by Crippen LogP contribution is 2.33. The van der Waals surface area contributed by atoms with Gasteiger partial charge in [0, 0.05) is 30.8 Å². The zero-order valence-corrected chi connectivity index (χ0v) is 20.5. The van der Waals surface area contributed by atoms with Gasteiger partial charge in [0.25, 0.3) is 5.91 Å². The van der Waals surface area contributed by atoms with Crippen LogP contribution in [0.2, 0.25) is 0 Å². The van der Waals surface area contributed by atoms with Gasteiger partial charge in [0.05, 0.1) is 19.2 Å². The fourth-order valence-electron chi connectivity index (χ4n) is 4.14. The van der Waals surface area contributed by atoms with Gasteiger partial charge in [-0.1, -0.05) is 65.8 Å². The van der Waals surface area contributed by atoms with Gasteiger partial charge in [-0.2, -0.15) is 0 Å². The summed E-state index contributed by atoms with van der Waals surface area (Å²) >= 11 is 0. The van der Waals surface area contributed by atoms with Crippen LogP contribution in [0.5, 0.6) is 5.75 Å².